The second-order valence-corrected chi connectivity index (χ2v) is 5.85. The average Bonchev–Trinajstić information content (AvgIpc) is 3.08. The number of carbonyl (C=O) groups is 1. The van der Waals surface area contributed by atoms with Crippen LogP contribution < -0.4 is 5.32 Å². The van der Waals surface area contributed by atoms with Crippen molar-refractivity contribution >= 4 is 11.6 Å². The van der Waals surface area contributed by atoms with E-state index in [1.165, 1.54) is 4.40 Å². The number of hydrogen-bond acceptors (Lipinski definition) is 3. The Morgan fingerprint density at radius 3 is 3.10 bits per heavy atom. The number of rotatable bonds is 1. The topological polar surface area (TPSA) is 49.6 Å². The molecule has 110 valence electrons. The molecule has 6 heteroatoms. The third-order valence-corrected chi connectivity index (χ3v) is 4.56. The smallest absolute Gasteiger partial charge is 0.277 e. The number of hydrogen-bond donors (Lipinski definition) is 1. The highest BCUT2D eigenvalue weighted by Gasteiger charge is 2.38. The molecule has 4 heterocycles. The van der Waals surface area contributed by atoms with Crippen molar-refractivity contribution in [1.82, 2.24) is 19.6 Å². The lowest BCUT2D eigenvalue weighted by Crippen LogP contribution is -2.41. The number of halogens is 1. The van der Waals surface area contributed by atoms with Crippen molar-refractivity contribution in [1.29, 1.82) is 0 Å². The summed E-state index contributed by atoms with van der Waals surface area (Å²) in [7, 11) is 0. The van der Waals surface area contributed by atoms with Crippen LogP contribution in [0.2, 0.25) is 0 Å². The Morgan fingerprint density at radius 2 is 2.29 bits per heavy atom. The van der Waals surface area contributed by atoms with Gasteiger partial charge >= 0.3 is 0 Å². The maximum Gasteiger partial charge on any atom is 0.277 e. The van der Waals surface area contributed by atoms with E-state index < -0.39 is 5.95 Å². The number of aromatic nitrogens is 2. The lowest BCUT2D eigenvalue weighted by atomic mass is 9.94. The first-order valence-electron chi connectivity index (χ1n) is 7.39. The van der Waals surface area contributed by atoms with E-state index in [1.807, 2.05) is 0 Å². The van der Waals surface area contributed by atoms with Crippen molar-refractivity contribution in [2.45, 2.75) is 18.9 Å². The Kier molecular flexibility index (Phi) is 2.92. The Bertz CT molecular complexity index is 684. The van der Waals surface area contributed by atoms with Crippen molar-refractivity contribution in [3.8, 4) is 0 Å². The summed E-state index contributed by atoms with van der Waals surface area (Å²) in [5.74, 6) is -0.381. The molecular weight excluding hydrogens is 271 g/mol. The molecule has 0 unspecified atom stereocenters. The molecule has 5 nitrogen and oxygen atoms in total. The zero-order valence-corrected chi connectivity index (χ0v) is 11.6. The van der Waals surface area contributed by atoms with Crippen LogP contribution in [0.15, 0.2) is 24.4 Å². The van der Waals surface area contributed by atoms with Crippen LogP contribution in [0.5, 0.6) is 0 Å². The molecule has 2 aromatic rings. The Hall–Kier alpha value is -1.95. The summed E-state index contributed by atoms with van der Waals surface area (Å²) in [6, 6.07) is 5.55. The van der Waals surface area contributed by atoms with Gasteiger partial charge in [-0.2, -0.15) is 4.39 Å². The second kappa shape index (κ2) is 4.80. The number of carbonyl (C=O) groups excluding carboxylic acids is 1. The maximum atomic E-state index is 14.3. The number of pyridine rings is 1. The first-order valence-corrected chi connectivity index (χ1v) is 7.39. The van der Waals surface area contributed by atoms with Crippen LogP contribution in [0, 0.1) is 11.9 Å². The van der Waals surface area contributed by atoms with Crippen molar-refractivity contribution in [3.63, 3.8) is 0 Å². The number of piperidine rings is 1. The molecule has 2 saturated heterocycles. The quantitative estimate of drug-likeness (QED) is 0.860. The summed E-state index contributed by atoms with van der Waals surface area (Å²) in [4.78, 5) is 18.4. The molecule has 0 saturated carbocycles. The van der Waals surface area contributed by atoms with Crippen molar-refractivity contribution in [2.24, 2.45) is 5.92 Å². The van der Waals surface area contributed by atoms with E-state index in [0.29, 0.717) is 30.7 Å². The van der Waals surface area contributed by atoms with Gasteiger partial charge in [-0.3, -0.25) is 9.20 Å². The van der Waals surface area contributed by atoms with Crippen molar-refractivity contribution < 1.29 is 9.18 Å². The molecule has 2 aromatic heterocycles. The number of nitrogens with zero attached hydrogens (tertiary/aromatic N) is 3. The van der Waals surface area contributed by atoms with Gasteiger partial charge in [-0.25, -0.2) is 4.98 Å². The van der Waals surface area contributed by atoms with E-state index in [2.05, 4.69) is 10.3 Å². The fourth-order valence-corrected chi connectivity index (χ4v) is 3.46. The largest absolute Gasteiger partial charge is 0.335 e. The summed E-state index contributed by atoms with van der Waals surface area (Å²) in [5, 5.41) is 3.45. The molecule has 0 spiro atoms. The third kappa shape index (κ3) is 2.01. The van der Waals surface area contributed by atoms with Gasteiger partial charge in [0.05, 0.1) is 0 Å². The molecule has 0 bridgehead atoms. The molecule has 2 aliphatic heterocycles. The molecular formula is C15H17FN4O. The van der Waals surface area contributed by atoms with Crippen molar-refractivity contribution in [3.05, 3.63) is 36.0 Å². The number of fused-ring (bicyclic) bond motifs is 2. The summed E-state index contributed by atoms with van der Waals surface area (Å²) >= 11 is 0. The first-order chi connectivity index (χ1) is 10.2. The molecule has 21 heavy (non-hydrogen) atoms. The number of nitrogens with one attached hydrogen (secondary N) is 1. The highest BCUT2D eigenvalue weighted by atomic mass is 19.1. The number of likely N-dealkylation sites (tertiary alicyclic amines) is 1. The molecule has 2 aliphatic rings. The van der Waals surface area contributed by atoms with E-state index in [0.717, 1.165) is 19.4 Å². The maximum absolute atomic E-state index is 14.3. The highest BCUT2D eigenvalue weighted by molar-refractivity contribution is 5.93. The second-order valence-electron chi connectivity index (χ2n) is 5.85. The summed E-state index contributed by atoms with van der Waals surface area (Å²) in [6.07, 6.45) is 3.86. The zero-order valence-electron chi connectivity index (χ0n) is 11.6. The first kappa shape index (κ1) is 12.8. The van der Waals surface area contributed by atoms with E-state index in [1.54, 1.807) is 29.3 Å². The van der Waals surface area contributed by atoms with Gasteiger partial charge in [-0.05, 0) is 37.4 Å². The average molecular weight is 288 g/mol. The fraction of sp³-hybridized carbons (Fsp3) is 0.467. The van der Waals surface area contributed by atoms with Gasteiger partial charge in [0.15, 0.2) is 5.69 Å². The van der Waals surface area contributed by atoms with Gasteiger partial charge in [0.25, 0.3) is 5.91 Å². The predicted octanol–water partition coefficient (Wildman–Crippen LogP) is 1.30. The predicted molar refractivity (Wildman–Crippen MR) is 75.6 cm³/mol. The van der Waals surface area contributed by atoms with Gasteiger partial charge in [-0.1, -0.05) is 6.07 Å². The van der Waals surface area contributed by atoms with Crippen LogP contribution in [-0.4, -0.2) is 45.9 Å². The lowest BCUT2D eigenvalue weighted by molar-refractivity contribution is 0.0775. The van der Waals surface area contributed by atoms with E-state index in [-0.39, 0.29) is 11.6 Å². The molecule has 0 radical (unpaired) electrons. The van der Waals surface area contributed by atoms with Gasteiger partial charge in [0.2, 0.25) is 5.95 Å². The number of amides is 1. The minimum Gasteiger partial charge on any atom is -0.335 e. The van der Waals surface area contributed by atoms with Gasteiger partial charge < -0.3 is 10.2 Å². The Balaban J connectivity index is 1.63. The highest BCUT2D eigenvalue weighted by Crippen LogP contribution is 2.26. The van der Waals surface area contributed by atoms with Gasteiger partial charge in [-0.15, -0.1) is 0 Å². The minimum atomic E-state index is -0.571. The monoisotopic (exact) mass is 288 g/mol. The summed E-state index contributed by atoms with van der Waals surface area (Å²) < 4.78 is 15.7. The molecule has 1 N–H and O–H groups in total. The van der Waals surface area contributed by atoms with Gasteiger partial charge in [0.1, 0.15) is 5.65 Å². The molecule has 0 aromatic carbocycles. The molecule has 0 aliphatic carbocycles. The van der Waals surface area contributed by atoms with Crippen molar-refractivity contribution in [2.75, 3.05) is 19.6 Å². The minimum absolute atomic E-state index is 0.0696. The van der Waals surface area contributed by atoms with E-state index in [9.17, 15) is 9.18 Å². The molecule has 2 fully saturated rings. The van der Waals surface area contributed by atoms with Crippen LogP contribution in [0.4, 0.5) is 4.39 Å². The van der Waals surface area contributed by atoms with Crippen LogP contribution in [-0.2, 0) is 0 Å². The van der Waals surface area contributed by atoms with Crippen LogP contribution in [0.25, 0.3) is 5.65 Å². The van der Waals surface area contributed by atoms with Crippen LogP contribution in [0.3, 0.4) is 0 Å². The Morgan fingerprint density at radius 1 is 1.38 bits per heavy atom. The van der Waals surface area contributed by atoms with Gasteiger partial charge in [0, 0.05) is 25.3 Å². The summed E-state index contributed by atoms with van der Waals surface area (Å²) in [5.41, 5.74) is 0.396. The zero-order chi connectivity index (χ0) is 14.4. The summed E-state index contributed by atoms with van der Waals surface area (Å²) in [6.45, 7) is 2.35. The number of imidazole rings is 1. The molecule has 4 rings (SSSR count). The lowest BCUT2D eigenvalue weighted by Gasteiger charge is -2.24. The SMILES string of the molecule is O=C(c1nc2ccccn2c1F)N1C[C@@H]2CCCN[C@@H]2C1. The van der Waals surface area contributed by atoms with Crippen LogP contribution >= 0.6 is 0 Å². The standard InChI is InChI=1S/C15H17FN4O/c16-14-13(18-12-5-1-2-7-20(12)14)15(21)19-8-10-4-3-6-17-11(10)9-19/h1-2,5,7,10-11,17H,3-4,6,8-9H2/t10-,11+/m0/s1. The molecule has 2 atom stereocenters. The molecule has 1 amide bonds. The van der Waals surface area contributed by atoms with Crippen LogP contribution in [0.1, 0.15) is 23.3 Å². The normalized spacial score (nSPS) is 25.3. The fourth-order valence-electron chi connectivity index (χ4n) is 3.46. The van der Waals surface area contributed by atoms with E-state index in [4.69, 9.17) is 0 Å². The third-order valence-electron chi connectivity index (χ3n) is 4.56. The van der Waals surface area contributed by atoms with E-state index >= 15 is 0 Å². The Labute approximate surface area is 121 Å².